The molecule has 0 unspecified atom stereocenters. The van der Waals surface area contributed by atoms with E-state index in [1.807, 2.05) is 36.4 Å². The molecule has 3 rings (SSSR count). The topological polar surface area (TPSA) is 38.3 Å². The number of ether oxygens (including phenoxy) is 1. The Morgan fingerprint density at radius 3 is 2.04 bits per heavy atom. The molecule has 0 spiro atoms. The predicted molar refractivity (Wildman–Crippen MR) is 97.7 cm³/mol. The van der Waals surface area contributed by atoms with E-state index in [2.05, 4.69) is 38.2 Å². The Morgan fingerprint density at radius 1 is 1.00 bits per heavy atom. The number of nitrogens with one attached hydrogen (secondary N) is 1. The van der Waals surface area contributed by atoms with Crippen LogP contribution < -0.4 is 10.1 Å². The lowest BCUT2D eigenvalue weighted by Crippen LogP contribution is -2.27. The van der Waals surface area contributed by atoms with Gasteiger partial charge in [0.1, 0.15) is 5.75 Å². The summed E-state index contributed by atoms with van der Waals surface area (Å²) in [6.07, 6.45) is 1.79. The highest BCUT2D eigenvalue weighted by atomic mass is 16.5. The maximum absolute atomic E-state index is 12.8. The highest BCUT2D eigenvalue weighted by molar-refractivity contribution is 6.01. The quantitative estimate of drug-likeness (QED) is 0.888. The lowest BCUT2D eigenvalue weighted by Gasteiger charge is -2.20. The molecule has 3 nitrogen and oxygen atoms in total. The lowest BCUT2D eigenvalue weighted by molar-refractivity contribution is -0.118. The summed E-state index contributed by atoms with van der Waals surface area (Å²) >= 11 is 0. The molecule has 3 heteroatoms. The van der Waals surface area contributed by atoms with Crippen molar-refractivity contribution in [3.63, 3.8) is 0 Å². The van der Waals surface area contributed by atoms with E-state index < -0.39 is 0 Å². The molecule has 1 N–H and O–H groups in total. The number of methoxy groups -OCH3 is 1. The number of hydrogen-bond acceptors (Lipinski definition) is 2. The van der Waals surface area contributed by atoms with Crippen LogP contribution in [0.25, 0.3) is 0 Å². The zero-order chi connectivity index (χ0) is 17.4. The van der Waals surface area contributed by atoms with Gasteiger partial charge in [0.05, 0.1) is 12.5 Å². The molecule has 0 saturated heterocycles. The average molecular weight is 323 g/mol. The van der Waals surface area contributed by atoms with Gasteiger partial charge in [-0.15, -0.1) is 0 Å². The number of carbonyl (C=O) groups is 1. The van der Waals surface area contributed by atoms with Gasteiger partial charge >= 0.3 is 0 Å². The fourth-order valence-corrected chi connectivity index (χ4v) is 2.99. The molecule has 2 aromatic carbocycles. The van der Waals surface area contributed by atoms with Crippen molar-refractivity contribution in [2.75, 3.05) is 12.4 Å². The molecule has 0 heterocycles. The first-order valence-corrected chi connectivity index (χ1v) is 8.42. The Kier molecular flexibility index (Phi) is 4.12. The van der Waals surface area contributed by atoms with Crippen LogP contribution in [-0.4, -0.2) is 13.0 Å². The molecule has 126 valence electrons. The molecule has 1 fully saturated rings. The molecular formula is C21H25NO2. The summed E-state index contributed by atoms with van der Waals surface area (Å²) in [5.41, 5.74) is 2.91. The molecule has 0 radical (unpaired) electrons. The highest BCUT2D eigenvalue weighted by Crippen LogP contribution is 2.49. The summed E-state index contributed by atoms with van der Waals surface area (Å²) in [4.78, 5) is 12.8. The van der Waals surface area contributed by atoms with E-state index >= 15 is 0 Å². The molecule has 0 atom stereocenters. The molecule has 24 heavy (non-hydrogen) atoms. The molecule has 1 amide bonds. The fourth-order valence-electron chi connectivity index (χ4n) is 2.99. The second-order valence-electron chi connectivity index (χ2n) is 7.59. The van der Waals surface area contributed by atoms with E-state index in [-0.39, 0.29) is 16.7 Å². The van der Waals surface area contributed by atoms with Crippen LogP contribution >= 0.6 is 0 Å². The average Bonchev–Trinajstić information content (AvgIpc) is 3.36. The summed E-state index contributed by atoms with van der Waals surface area (Å²) in [5, 5.41) is 3.08. The van der Waals surface area contributed by atoms with Gasteiger partial charge in [0.25, 0.3) is 0 Å². The second kappa shape index (κ2) is 5.97. The van der Waals surface area contributed by atoms with Crippen LogP contribution in [0.15, 0.2) is 48.5 Å². The highest BCUT2D eigenvalue weighted by Gasteiger charge is 2.51. The van der Waals surface area contributed by atoms with Crippen molar-refractivity contribution in [1.82, 2.24) is 0 Å². The van der Waals surface area contributed by atoms with Crippen LogP contribution in [0, 0.1) is 0 Å². The van der Waals surface area contributed by atoms with Gasteiger partial charge in [0, 0.05) is 5.69 Å². The smallest absolute Gasteiger partial charge is 0.235 e. The molecule has 0 aliphatic heterocycles. The Balaban J connectivity index is 1.74. The first kappa shape index (κ1) is 16.6. The van der Waals surface area contributed by atoms with Crippen molar-refractivity contribution in [3.05, 3.63) is 59.7 Å². The third-order valence-electron chi connectivity index (χ3n) is 4.84. The number of rotatable bonds is 4. The second-order valence-corrected chi connectivity index (χ2v) is 7.59. The Bertz CT molecular complexity index is 720. The maximum Gasteiger partial charge on any atom is 0.235 e. The Morgan fingerprint density at radius 2 is 1.58 bits per heavy atom. The largest absolute Gasteiger partial charge is 0.497 e. The van der Waals surface area contributed by atoms with Crippen LogP contribution in [-0.2, 0) is 15.6 Å². The van der Waals surface area contributed by atoms with Crippen molar-refractivity contribution in [2.24, 2.45) is 0 Å². The molecule has 0 bridgehead atoms. The molecule has 1 saturated carbocycles. The number of benzene rings is 2. The SMILES string of the molecule is COc1ccc(C2(C(=O)Nc3ccc(C(C)(C)C)cc3)CC2)cc1. The van der Waals surface area contributed by atoms with Gasteiger partial charge in [0.2, 0.25) is 5.91 Å². The first-order valence-electron chi connectivity index (χ1n) is 8.42. The van der Waals surface area contributed by atoms with Crippen LogP contribution in [0.1, 0.15) is 44.7 Å². The molecular weight excluding hydrogens is 298 g/mol. The summed E-state index contributed by atoms with van der Waals surface area (Å²) in [5.74, 6) is 0.893. The predicted octanol–water partition coefficient (Wildman–Crippen LogP) is 4.66. The first-order chi connectivity index (χ1) is 11.3. The van der Waals surface area contributed by atoms with Crippen molar-refractivity contribution in [1.29, 1.82) is 0 Å². The van der Waals surface area contributed by atoms with Gasteiger partial charge in [0.15, 0.2) is 0 Å². The zero-order valence-corrected chi connectivity index (χ0v) is 14.8. The van der Waals surface area contributed by atoms with E-state index in [0.717, 1.165) is 29.8 Å². The van der Waals surface area contributed by atoms with Crippen LogP contribution in [0.5, 0.6) is 5.75 Å². The fraction of sp³-hybridized carbons (Fsp3) is 0.381. The van der Waals surface area contributed by atoms with Crippen LogP contribution in [0.3, 0.4) is 0 Å². The number of carbonyl (C=O) groups excluding carboxylic acids is 1. The maximum atomic E-state index is 12.8. The Labute approximate surface area is 144 Å². The van der Waals surface area contributed by atoms with Crippen LogP contribution in [0.4, 0.5) is 5.69 Å². The van der Waals surface area contributed by atoms with E-state index in [9.17, 15) is 4.79 Å². The van der Waals surface area contributed by atoms with Gasteiger partial charge in [-0.05, 0) is 53.6 Å². The Hall–Kier alpha value is -2.29. The van der Waals surface area contributed by atoms with E-state index in [1.54, 1.807) is 7.11 Å². The normalized spacial score (nSPS) is 15.7. The van der Waals surface area contributed by atoms with Gasteiger partial charge in [-0.25, -0.2) is 0 Å². The van der Waals surface area contributed by atoms with Crippen molar-refractivity contribution in [2.45, 2.75) is 44.4 Å². The minimum Gasteiger partial charge on any atom is -0.497 e. The number of amides is 1. The molecule has 1 aliphatic rings. The lowest BCUT2D eigenvalue weighted by atomic mass is 9.87. The van der Waals surface area contributed by atoms with Crippen LogP contribution in [0.2, 0.25) is 0 Å². The zero-order valence-electron chi connectivity index (χ0n) is 14.8. The van der Waals surface area contributed by atoms with Crippen molar-refractivity contribution in [3.8, 4) is 5.75 Å². The van der Waals surface area contributed by atoms with E-state index in [1.165, 1.54) is 5.56 Å². The van der Waals surface area contributed by atoms with Crippen molar-refractivity contribution < 1.29 is 9.53 Å². The van der Waals surface area contributed by atoms with E-state index in [0.29, 0.717) is 0 Å². The third kappa shape index (κ3) is 3.16. The molecule has 1 aliphatic carbocycles. The minimum atomic E-state index is -0.380. The third-order valence-corrected chi connectivity index (χ3v) is 4.84. The number of anilines is 1. The summed E-state index contributed by atoms with van der Waals surface area (Å²) in [6, 6.07) is 16.0. The number of hydrogen-bond donors (Lipinski definition) is 1. The summed E-state index contributed by atoms with van der Waals surface area (Å²) in [7, 11) is 1.65. The molecule has 2 aromatic rings. The van der Waals surface area contributed by atoms with Gasteiger partial charge in [-0.2, -0.15) is 0 Å². The van der Waals surface area contributed by atoms with Crippen molar-refractivity contribution >= 4 is 11.6 Å². The summed E-state index contributed by atoms with van der Waals surface area (Å²) in [6.45, 7) is 6.55. The molecule has 0 aromatic heterocycles. The van der Waals surface area contributed by atoms with E-state index in [4.69, 9.17) is 4.74 Å². The standard InChI is InChI=1S/C21H25NO2/c1-20(2,3)15-5-9-17(10-6-15)22-19(23)21(13-14-21)16-7-11-18(24-4)12-8-16/h5-12H,13-14H2,1-4H3,(H,22,23). The summed E-state index contributed by atoms with van der Waals surface area (Å²) < 4.78 is 5.20. The van der Waals surface area contributed by atoms with Gasteiger partial charge in [-0.3, -0.25) is 4.79 Å². The van der Waals surface area contributed by atoms with Gasteiger partial charge < -0.3 is 10.1 Å². The monoisotopic (exact) mass is 323 g/mol. The van der Waals surface area contributed by atoms with Gasteiger partial charge in [-0.1, -0.05) is 45.0 Å². The minimum absolute atomic E-state index is 0.0798.